The smallest absolute Gasteiger partial charge is 0.275 e. The van der Waals surface area contributed by atoms with E-state index in [0.717, 1.165) is 18.9 Å². The molecule has 5 nitrogen and oxygen atoms in total. The van der Waals surface area contributed by atoms with Crippen LogP contribution in [-0.2, 0) is 9.59 Å². The third-order valence-electron chi connectivity index (χ3n) is 5.90. The van der Waals surface area contributed by atoms with E-state index in [4.69, 9.17) is 4.99 Å². The molecule has 30 heavy (non-hydrogen) atoms. The molecule has 7 heteroatoms. The summed E-state index contributed by atoms with van der Waals surface area (Å²) in [6.45, 7) is 1.92. The lowest BCUT2D eigenvalue weighted by Crippen LogP contribution is -2.51. The van der Waals surface area contributed by atoms with Crippen molar-refractivity contribution < 1.29 is 18.4 Å². The largest absolute Gasteiger partial charge is 0.322 e. The van der Waals surface area contributed by atoms with E-state index in [-0.39, 0.29) is 18.1 Å². The van der Waals surface area contributed by atoms with Crippen LogP contribution in [0.3, 0.4) is 0 Å². The van der Waals surface area contributed by atoms with Gasteiger partial charge in [0.05, 0.1) is 5.69 Å². The van der Waals surface area contributed by atoms with Gasteiger partial charge in [-0.1, -0.05) is 37.3 Å². The molecule has 156 valence electrons. The molecule has 1 aliphatic carbocycles. The second-order valence-electron chi connectivity index (χ2n) is 8.06. The average Bonchev–Trinajstić information content (AvgIpc) is 2.99. The summed E-state index contributed by atoms with van der Waals surface area (Å²) in [4.78, 5) is 32.3. The first-order valence-electron chi connectivity index (χ1n) is 10.1. The van der Waals surface area contributed by atoms with Crippen LogP contribution in [-0.4, -0.2) is 34.6 Å². The van der Waals surface area contributed by atoms with Crippen molar-refractivity contribution in [3.63, 3.8) is 0 Å². The number of nitrogens with zero attached hydrogens (tertiary/aromatic N) is 2. The summed E-state index contributed by atoms with van der Waals surface area (Å²) >= 11 is 0. The van der Waals surface area contributed by atoms with Crippen molar-refractivity contribution in [2.24, 2.45) is 10.9 Å². The van der Waals surface area contributed by atoms with E-state index in [0.29, 0.717) is 36.1 Å². The predicted molar refractivity (Wildman–Crippen MR) is 110 cm³/mol. The van der Waals surface area contributed by atoms with E-state index in [1.165, 1.54) is 11.0 Å². The van der Waals surface area contributed by atoms with Crippen molar-refractivity contribution >= 4 is 23.2 Å². The number of carbonyl (C=O) groups is 2. The second kappa shape index (κ2) is 7.97. The zero-order valence-corrected chi connectivity index (χ0v) is 16.7. The maximum absolute atomic E-state index is 13.9. The number of amides is 2. The lowest BCUT2D eigenvalue weighted by molar-refractivity contribution is -0.134. The minimum Gasteiger partial charge on any atom is -0.322 e. The lowest BCUT2D eigenvalue weighted by Gasteiger charge is -2.40. The van der Waals surface area contributed by atoms with Gasteiger partial charge in [-0.25, -0.2) is 8.78 Å². The first kappa shape index (κ1) is 20.2. The second-order valence-corrected chi connectivity index (χ2v) is 8.06. The van der Waals surface area contributed by atoms with Crippen LogP contribution in [0, 0.1) is 17.6 Å². The normalized spacial score (nSPS) is 23.6. The molecule has 4 rings (SSSR count). The molecule has 0 unspecified atom stereocenters. The molecule has 0 saturated heterocycles. The van der Waals surface area contributed by atoms with Crippen molar-refractivity contribution in [3.8, 4) is 0 Å². The van der Waals surface area contributed by atoms with Crippen LogP contribution >= 0.6 is 0 Å². The summed E-state index contributed by atoms with van der Waals surface area (Å²) in [5, 5.41) is 2.44. The topological polar surface area (TPSA) is 61.8 Å². The molecule has 1 N–H and O–H groups in total. The molecule has 1 fully saturated rings. The van der Waals surface area contributed by atoms with Crippen molar-refractivity contribution in [1.82, 2.24) is 4.90 Å². The van der Waals surface area contributed by atoms with Gasteiger partial charge < -0.3 is 10.2 Å². The Hall–Kier alpha value is -3.09. The zero-order chi connectivity index (χ0) is 21.3. The van der Waals surface area contributed by atoms with Crippen LogP contribution in [0.1, 0.15) is 38.2 Å². The Morgan fingerprint density at radius 3 is 2.53 bits per heavy atom. The van der Waals surface area contributed by atoms with E-state index in [1.807, 2.05) is 30.3 Å². The van der Waals surface area contributed by atoms with Crippen molar-refractivity contribution in [1.29, 1.82) is 0 Å². The summed E-state index contributed by atoms with van der Waals surface area (Å²) in [5.41, 5.74) is 0.190. The van der Waals surface area contributed by atoms with Gasteiger partial charge in [0.25, 0.3) is 5.91 Å². The van der Waals surface area contributed by atoms with Crippen LogP contribution in [0.5, 0.6) is 0 Å². The number of anilines is 1. The van der Waals surface area contributed by atoms with Crippen molar-refractivity contribution in [2.45, 2.75) is 38.3 Å². The summed E-state index contributed by atoms with van der Waals surface area (Å²) in [7, 11) is 0. The highest BCUT2D eigenvalue weighted by molar-refractivity contribution is 6.47. The highest BCUT2D eigenvalue weighted by atomic mass is 19.1. The van der Waals surface area contributed by atoms with Gasteiger partial charge in [-0.15, -0.1) is 0 Å². The first-order chi connectivity index (χ1) is 14.4. The number of aliphatic imine (C=N–C) groups is 1. The molecule has 1 aliphatic heterocycles. The van der Waals surface area contributed by atoms with E-state index in [2.05, 4.69) is 12.2 Å². The zero-order valence-electron chi connectivity index (χ0n) is 16.7. The van der Waals surface area contributed by atoms with Gasteiger partial charge in [0.2, 0.25) is 5.91 Å². The molecular weight excluding hydrogens is 388 g/mol. The molecule has 1 saturated carbocycles. The van der Waals surface area contributed by atoms with E-state index < -0.39 is 23.2 Å². The average molecular weight is 411 g/mol. The summed E-state index contributed by atoms with van der Waals surface area (Å²) in [6.07, 6.45) is 3.16. The first-order valence-corrected chi connectivity index (χ1v) is 10.1. The number of carbonyl (C=O) groups excluding carboxylic acids is 2. The molecular formula is C23H23F2N3O2. The Labute approximate surface area is 173 Å². The minimum absolute atomic E-state index is 0.122. The highest BCUT2D eigenvalue weighted by Crippen LogP contribution is 2.41. The van der Waals surface area contributed by atoms with Crippen molar-refractivity contribution in [2.75, 3.05) is 11.9 Å². The molecule has 2 amide bonds. The van der Waals surface area contributed by atoms with Gasteiger partial charge in [0.1, 0.15) is 29.6 Å². The number of halogens is 2. The van der Waals surface area contributed by atoms with Crippen LogP contribution in [0.2, 0.25) is 0 Å². The predicted octanol–water partition coefficient (Wildman–Crippen LogP) is 4.14. The van der Waals surface area contributed by atoms with Gasteiger partial charge in [-0.05, 0) is 43.7 Å². The Balaban J connectivity index is 1.59. The van der Waals surface area contributed by atoms with E-state index >= 15 is 0 Å². The maximum atomic E-state index is 13.9. The number of hydrogen-bond acceptors (Lipinski definition) is 3. The van der Waals surface area contributed by atoms with Crippen LogP contribution in [0.15, 0.2) is 53.5 Å². The van der Waals surface area contributed by atoms with E-state index in [9.17, 15) is 18.4 Å². The molecule has 1 heterocycles. The molecule has 0 atom stereocenters. The van der Waals surface area contributed by atoms with Gasteiger partial charge >= 0.3 is 0 Å². The van der Waals surface area contributed by atoms with Crippen LogP contribution in [0.4, 0.5) is 14.5 Å². The van der Waals surface area contributed by atoms with Gasteiger partial charge in [0.15, 0.2) is 0 Å². The molecule has 2 aromatic rings. The summed E-state index contributed by atoms with van der Waals surface area (Å²) in [6, 6.07) is 12.1. The lowest BCUT2D eigenvalue weighted by atomic mass is 9.82. The summed E-state index contributed by atoms with van der Waals surface area (Å²) < 4.78 is 27.0. The molecule has 0 radical (unpaired) electrons. The number of hydrogen-bond donors (Lipinski definition) is 1. The fourth-order valence-corrected chi connectivity index (χ4v) is 4.17. The third-order valence-corrected chi connectivity index (χ3v) is 5.90. The number of nitrogens with one attached hydrogen (secondary N) is 1. The Morgan fingerprint density at radius 1 is 1.17 bits per heavy atom. The Kier molecular flexibility index (Phi) is 5.37. The quantitative estimate of drug-likeness (QED) is 0.822. The SMILES string of the molecule is CC1CCC2(CC1)N=C(c1ccccc1)C(=O)N2CC(=O)Nc1ccc(F)cc1F. The monoisotopic (exact) mass is 411 g/mol. The number of rotatable bonds is 4. The maximum Gasteiger partial charge on any atom is 0.275 e. The minimum atomic E-state index is -0.862. The highest BCUT2D eigenvalue weighted by Gasteiger charge is 2.49. The molecule has 2 aliphatic rings. The van der Waals surface area contributed by atoms with E-state index in [1.54, 1.807) is 0 Å². The van der Waals surface area contributed by atoms with Crippen molar-refractivity contribution in [3.05, 3.63) is 65.7 Å². The van der Waals surface area contributed by atoms with Gasteiger partial charge in [-0.2, -0.15) is 0 Å². The number of benzene rings is 2. The van der Waals surface area contributed by atoms with Crippen LogP contribution in [0.25, 0.3) is 0 Å². The Morgan fingerprint density at radius 2 is 1.87 bits per heavy atom. The van der Waals surface area contributed by atoms with Gasteiger partial charge in [-0.3, -0.25) is 14.6 Å². The fraction of sp³-hybridized carbons (Fsp3) is 0.348. The molecule has 0 aromatic heterocycles. The fourth-order valence-electron chi connectivity index (χ4n) is 4.17. The Bertz CT molecular complexity index is 999. The van der Waals surface area contributed by atoms with Gasteiger partial charge in [0, 0.05) is 11.6 Å². The molecule has 1 spiro atoms. The third kappa shape index (κ3) is 3.84. The molecule has 2 aromatic carbocycles. The standard InChI is InChI=1S/C23H23F2N3O2/c1-15-9-11-23(12-10-15)27-21(16-5-3-2-4-6-16)22(30)28(23)14-20(29)26-19-8-7-17(24)13-18(19)25/h2-8,13,15H,9-12,14H2,1H3,(H,26,29). The van der Waals surface area contributed by atoms with Crippen LogP contribution < -0.4 is 5.32 Å². The molecule has 0 bridgehead atoms. The summed E-state index contributed by atoms with van der Waals surface area (Å²) in [5.74, 6) is -1.90.